The fourth-order valence-electron chi connectivity index (χ4n) is 4.21. The molecular formula is C23H25N3O2. The van der Waals surface area contributed by atoms with Gasteiger partial charge in [0.1, 0.15) is 6.26 Å². The minimum Gasteiger partial charge on any atom is -0.445 e. The molecule has 3 aromatic rings. The van der Waals surface area contributed by atoms with Crippen molar-refractivity contribution in [2.75, 3.05) is 11.9 Å². The molecule has 4 rings (SSSR count). The summed E-state index contributed by atoms with van der Waals surface area (Å²) in [7, 11) is 0. The van der Waals surface area contributed by atoms with Crippen molar-refractivity contribution in [1.29, 1.82) is 0 Å². The lowest BCUT2D eigenvalue weighted by Gasteiger charge is -2.28. The quantitative estimate of drug-likeness (QED) is 0.645. The third-order valence-corrected chi connectivity index (χ3v) is 5.63. The molecular weight excluding hydrogens is 350 g/mol. The van der Waals surface area contributed by atoms with Crippen molar-refractivity contribution in [2.24, 2.45) is 0 Å². The Morgan fingerprint density at radius 3 is 2.61 bits per heavy atom. The van der Waals surface area contributed by atoms with E-state index in [2.05, 4.69) is 42.3 Å². The maximum atomic E-state index is 13.1. The Kier molecular flexibility index (Phi) is 4.90. The van der Waals surface area contributed by atoms with Gasteiger partial charge in [0, 0.05) is 17.8 Å². The summed E-state index contributed by atoms with van der Waals surface area (Å²) in [6.45, 7) is 6.99. The van der Waals surface area contributed by atoms with Gasteiger partial charge in [0.15, 0.2) is 0 Å². The first-order valence-electron chi connectivity index (χ1n) is 9.69. The second kappa shape index (κ2) is 7.50. The molecule has 0 aliphatic carbocycles. The Morgan fingerprint density at radius 1 is 1.14 bits per heavy atom. The monoisotopic (exact) mass is 375 g/mol. The number of carbonyl (C=O) groups excluding carboxylic acids is 1. The van der Waals surface area contributed by atoms with Crippen molar-refractivity contribution in [3.8, 4) is 11.5 Å². The summed E-state index contributed by atoms with van der Waals surface area (Å²) in [5, 5.41) is 3.11. The van der Waals surface area contributed by atoms with Gasteiger partial charge in [-0.15, -0.1) is 0 Å². The molecule has 0 spiro atoms. The van der Waals surface area contributed by atoms with Crippen molar-refractivity contribution < 1.29 is 9.21 Å². The summed E-state index contributed by atoms with van der Waals surface area (Å²) in [5.41, 5.74) is 6.38. The predicted molar refractivity (Wildman–Crippen MR) is 110 cm³/mol. The Balaban J connectivity index is 1.60. The number of nitrogens with zero attached hydrogens (tertiary/aromatic N) is 2. The van der Waals surface area contributed by atoms with E-state index < -0.39 is 0 Å². The van der Waals surface area contributed by atoms with Gasteiger partial charge in [-0.25, -0.2) is 9.78 Å². The number of urea groups is 1. The molecule has 5 nitrogen and oxygen atoms in total. The topological polar surface area (TPSA) is 58.4 Å². The average molecular weight is 375 g/mol. The highest BCUT2D eigenvalue weighted by Crippen LogP contribution is 2.36. The minimum atomic E-state index is -0.0576. The van der Waals surface area contributed by atoms with Crippen LogP contribution in [0.4, 0.5) is 10.5 Å². The second-order valence-electron chi connectivity index (χ2n) is 7.40. The van der Waals surface area contributed by atoms with E-state index in [9.17, 15) is 4.79 Å². The van der Waals surface area contributed by atoms with Crippen LogP contribution in [0.2, 0.25) is 0 Å². The van der Waals surface area contributed by atoms with E-state index in [4.69, 9.17) is 4.42 Å². The van der Waals surface area contributed by atoms with Crippen LogP contribution in [-0.4, -0.2) is 22.5 Å². The zero-order chi connectivity index (χ0) is 19.7. The summed E-state index contributed by atoms with van der Waals surface area (Å²) in [6, 6.07) is 12.2. The Morgan fingerprint density at radius 2 is 1.89 bits per heavy atom. The number of hydrogen-bond donors (Lipinski definition) is 1. The maximum absolute atomic E-state index is 13.1. The lowest BCUT2D eigenvalue weighted by molar-refractivity contribution is 0.207. The zero-order valence-electron chi connectivity index (χ0n) is 16.5. The zero-order valence-corrected chi connectivity index (χ0v) is 16.5. The third kappa shape index (κ3) is 3.28. The number of rotatable bonds is 3. The van der Waals surface area contributed by atoms with Crippen LogP contribution in [-0.2, 0) is 0 Å². The molecule has 2 heterocycles. The largest absolute Gasteiger partial charge is 0.445 e. The van der Waals surface area contributed by atoms with Gasteiger partial charge in [0.25, 0.3) is 0 Å². The molecule has 1 unspecified atom stereocenters. The number of aromatic nitrogens is 1. The standard InChI is InChI=1S/C23H25N3O2/c1-15-7-4-8-16(2)21(15)20-11-6-13-26(20)23(27)25-19-10-5-9-18(17(19)3)22-24-12-14-28-22/h4-5,7-10,12,14,20H,6,11,13H2,1-3H3,(H,25,27). The lowest BCUT2D eigenvalue weighted by Crippen LogP contribution is -2.35. The van der Waals surface area contributed by atoms with Crippen LogP contribution in [0.25, 0.3) is 11.5 Å². The Labute approximate surface area is 165 Å². The van der Waals surface area contributed by atoms with Gasteiger partial charge in [-0.1, -0.05) is 24.3 Å². The fourth-order valence-corrected chi connectivity index (χ4v) is 4.21. The molecule has 1 aliphatic heterocycles. The number of carbonyl (C=O) groups is 1. The summed E-state index contributed by atoms with van der Waals surface area (Å²) in [6.07, 6.45) is 5.19. The third-order valence-electron chi connectivity index (χ3n) is 5.63. The molecule has 1 aliphatic rings. The van der Waals surface area contributed by atoms with Crippen LogP contribution < -0.4 is 5.32 Å². The smallest absolute Gasteiger partial charge is 0.322 e. The van der Waals surface area contributed by atoms with E-state index in [0.29, 0.717) is 5.89 Å². The van der Waals surface area contributed by atoms with Crippen LogP contribution in [0.15, 0.2) is 53.3 Å². The SMILES string of the molecule is Cc1cccc(C)c1C1CCCN1C(=O)Nc1cccc(-c2ncco2)c1C. The van der Waals surface area contributed by atoms with Gasteiger partial charge in [0.05, 0.1) is 12.2 Å². The molecule has 2 aromatic carbocycles. The van der Waals surface area contributed by atoms with Gasteiger partial charge in [-0.05, 0) is 68.0 Å². The van der Waals surface area contributed by atoms with Crippen molar-refractivity contribution >= 4 is 11.7 Å². The molecule has 144 valence electrons. The van der Waals surface area contributed by atoms with Crippen molar-refractivity contribution in [2.45, 2.75) is 39.7 Å². The van der Waals surface area contributed by atoms with Gasteiger partial charge in [0.2, 0.25) is 5.89 Å². The summed E-state index contributed by atoms with van der Waals surface area (Å²) >= 11 is 0. The second-order valence-corrected chi connectivity index (χ2v) is 7.40. The van der Waals surface area contributed by atoms with Crippen LogP contribution in [0.3, 0.4) is 0 Å². The van der Waals surface area contributed by atoms with Crippen LogP contribution >= 0.6 is 0 Å². The van der Waals surface area contributed by atoms with Crippen LogP contribution in [0, 0.1) is 20.8 Å². The first-order valence-corrected chi connectivity index (χ1v) is 9.69. The Bertz CT molecular complexity index is 975. The fraction of sp³-hybridized carbons (Fsp3) is 0.304. The number of benzene rings is 2. The van der Waals surface area contributed by atoms with Gasteiger partial charge < -0.3 is 14.6 Å². The number of nitrogens with one attached hydrogen (secondary N) is 1. The first-order chi connectivity index (χ1) is 13.6. The van der Waals surface area contributed by atoms with Crippen LogP contribution in [0.5, 0.6) is 0 Å². The highest BCUT2D eigenvalue weighted by atomic mass is 16.3. The Hall–Kier alpha value is -3.08. The molecule has 1 fully saturated rings. The summed E-state index contributed by atoms with van der Waals surface area (Å²) < 4.78 is 5.43. The normalized spacial score (nSPS) is 16.4. The van der Waals surface area contributed by atoms with E-state index in [1.54, 1.807) is 12.5 Å². The number of amides is 2. The highest BCUT2D eigenvalue weighted by Gasteiger charge is 2.32. The molecule has 0 radical (unpaired) electrons. The molecule has 2 amide bonds. The molecule has 5 heteroatoms. The number of oxazole rings is 1. The van der Waals surface area contributed by atoms with E-state index in [1.807, 2.05) is 30.0 Å². The number of aryl methyl sites for hydroxylation is 2. The molecule has 1 aromatic heterocycles. The number of anilines is 1. The van der Waals surface area contributed by atoms with Crippen molar-refractivity contribution in [1.82, 2.24) is 9.88 Å². The van der Waals surface area contributed by atoms with E-state index in [-0.39, 0.29) is 12.1 Å². The number of likely N-dealkylation sites (tertiary alicyclic amines) is 1. The van der Waals surface area contributed by atoms with Gasteiger partial charge in [-0.2, -0.15) is 0 Å². The van der Waals surface area contributed by atoms with E-state index >= 15 is 0 Å². The predicted octanol–water partition coefficient (Wildman–Crippen LogP) is 5.64. The first kappa shape index (κ1) is 18.3. The number of hydrogen-bond acceptors (Lipinski definition) is 3. The molecule has 1 N–H and O–H groups in total. The van der Waals surface area contributed by atoms with Crippen molar-refractivity contribution in [3.05, 3.63) is 71.1 Å². The molecule has 28 heavy (non-hydrogen) atoms. The summed E-state index contributed by atoms with van der Waals surface area (Å²) in [5.74, 6) is 0.559. The molecule has 0 saturated carbocycles. The average Bonchev–Trinajstić information content (AvgIpc) is 3.35. The van der Waals surface area contributed by atoms with Crippen molar-refractivity contribution in [3.63, 3.8) is 0 Å². The van der Waals surface area contributed by atoms with Crippen LogP contribution in [0.1, 0.15) is 41.1 Å². The van der Waals surface area contributed by atoms with E-state index in [1.165, 1.54) is 16.7 Å². The molecule has 0 bridgehead atoms. The van der Waals surface area contributed by atoms with Gasteiger partial charge >= 0.3 is 6.03 Å². The van der Waals surface area contributed by atoms with Gasteiger partial charge in [-0.3, -0.25) is 0 Å². The summed E-state index contributed by atoms with van der Waals surface area (Å²) in [4.78, 5) is 19.3. The minimum absolute atomic E-state index is 0.0576. The maximum Gasteiger partial charge on any atom is 0.322 e. The highest BCUT2D eigenvalue weighted by molar-refractivity contribution is 5.91. The molecule has 1 atom stereocenters. The molecule has 1 saturated heterocycles. The lowest BCUT2D eigenvalue weighted by atomic mass is 9.94. The van der Waals surface area contributed by atoms with E-state index in [0.717, 1.165) is 36.2 Å².